The van der Waals surface area contributed by atoms with Crippen molar-refractivity contribution in [3.05, 3.63) is 36.4 Å². The lowest BCUT2D eigenvalue weighted by Gasteiger charge is -2.26. The van der Waals surface area contributed by atoms with E-state index < -0.39 is 16.1 Å². The molecule has 0 amide bonds. The molecule has 0 aliphatic carbocycles. The fraction of sp³-hybridized carbons (Fsp3) is 0.500. The predicted molar refractivity (Wildman–Crippen MR) is 145 cm³/mol. The van der Waals surface area contributed by atoms with Gasteiger partial charge in [-0.05, 0) is 33.3 Å². The minimum Gasteiger partial charge on any atom is -0.144 e. The van der Waals surface area contributed by atoms with E-state index in [4.69, 9.17) is 0 Å². The van der Waals surface area contributed by atoms with Crippen LogP contribution in [0.1, 0.15) is 41.5 Å². The van der Waals surface area contributed by atoms with E-state index >= 15 is 0 Å². The summed E-state index contributed by atoms with van der Waals surface area (Å²) < 4.78 is 3.41. The molecule has 0 atom stereocenters. The molecule has 0 aliphatic heterocycles. The molecule has 0 N–H and O–H groups in total. The Labute approximate surface area is 192 Å². The van der Waals surface area contributed by atoms with Crippen LogP contribution in [0.3, 0.4) is 0 Å². The zero-order valence-electron chi connectivity index (χ0n) is 18.9. The number of hydrogen-bond donors (Lipinski definition) is 0. The monoisotopic (exact) mass is 476 g/mol. The third kappa shape index (κ3) is 4.31. The molecule has 29 heavy (non-hydrogen) atoms. The lowest BCUT2D eigenvalue weighted by atomic mass is 10.3. The second-order valence-corrected chi connectivity index (χ2v) is 22.6. The van der Waals surface area contributed by atoms with Crippen LogP contribution in [0.4, 0.5) is 0 Å². The quantitative estimate of drug-likeness (QED) is 0.257. The van der Waals surface area contributed by atoms with Gasteiger partial charge in [0.2, 0.25) is 0 Å². The zero-order chi connectivity index (χ0) is 21.1. The number of rotatable bonds is 10. The van der Waals surface area contributed by atoms with Crippen molar-refractivity contribution in [3.63, 3.8) is 0 Å². The van der Waals surface area contributed by atoms with Crippen molar-refractivity contribution >= 4 is 59.2 Å². The molecular weight excluding hydrogens is 441 g/mol. The average Bonchev–Trinajstić information content (AvgIpc) is 3.52. The molecule has 0 bridgehead atoms. The van der Waals surface area contributed by atoms with Crippen LogP contribution in [-0.4, -0.2) is 16.1 Å². The van der Waals surface area contributed by atoms with Crippen molar-refractivity contribution in [2.45, 2.75) is 77.8 Å². The summed E-state index contributed by atoms with van der Waals surface area (Å²) in [6.07, 6.45) is 0. The maximum absolute atomic E-state index is 2.45. The van der Waals surface area contributed by atoms with Gasteiger partial charge in [0.25, 0.3) is 0 Å². The van der Waals surface area contributed by atoms with Crippen molar-refractivity contribution in [1.29, 1.82) is 0 Å². The van der Waals surface area contributed by atoms with Crippen LogP contribution in [0.15, 0.2) is 36.4 Å². The van der Waals surface area contributed by atoms with E-state index in [1.165, 1.54) is 55.8 Å². The van der Waals surface area contributed by atoms with Crippen molar-refractivity contribution in [2.24, 2.45) is 0 Å². The molecule has 0 fully saturated rings. The molecule has 3 rings (SSSR count). The minimum absolute atomic E-state index is 1.26. The summed E-state index contributed by atoms with van der Waals surface area (Å²) in [5.74, 6) is 0. The maximum Gasteiger partial charge on any atom is 0.0987 e. The molecule has 0 unspecified atom stereocenters. The van der Waals surface area contributed by atoms with Crippen LogP contribution in [0.25, 0.3) is 19.5 Å². The highest BCUT2D eigenvalue weighted by Gasteiger charge is 2.32. The zero-order valence-corrected chi connectivity index (χ0v) is 23.4. The summed E-state index contributed by atoms with van der Waals surface area (Å²) in [5, 5.41) is 0. The Morgan fingerprint density at radius 2 is 0.724 bits per heavy atom. The Balaban J connectivity index is 1.88. The highest BCUT2D eigenvalue weighted by Crippen LogP contribution is 2.39. The van der Waals surface area contributed by atoms with Crippen molar-refractivity contribution in [3.8, 4) is 19.5 Å². The number of thiophene rings is 3. The van der Waals surface area contributed by atoms with Crippen LogP contribution in [0.5, 0.6) is 0 Å². The van der Waals surface area contributed by atoms with Gasteiger partial charge >= 0.3 is 0 Å². The molecule has 0 aliphatic rings. The Morgan fingerprint density at radius 3 is 1.03 bits per heavy atom. The molecular formula is C24H36S3Si2. The van der Waals surface area contributed by atoms with Gasteiger partial charge in [-0.1, -0.05) is 89.9 Å². The largest absolute Gasteiger partial charge is 0.144 e. The summed E-state index contributed by atoms with van der Waals surface area (Å²) >= 11 is 6.14. The van der Waals surface area contributed by atoms with Crippen LogP contribution in [0.2, 0.25) is 36.3 Å². The smallest absolute Gasteiger partial charge is 0.0987 e. The Kier molecular flexibility index (Phi) is 7.82. The first-order valence-corrected chi connectivity index (χ1v) is 19.0. The van der Waals surface area contributed by atoms with Gasteiger partial charge in [-0.3, -0.25) is 0 Å². The van der Waals surface area contributed by atoms with Gasteiger partial charge in [-0.2, -0.15) is 0 Å². The Morgan fingerprint density at radius 1 is 0.448 bits per heavy atom. The lowest BCUT2D eigenvalue weighted by Crippen LogP contribution is -2.43. The molecule has 0 aromatic carbocycles. The van der Waals surface area contributed by atoms with E-state index in [9.17, 15) is 0 Å². The van der Waals surface area contributed by atoms with Crippen LogP contribution in [0, 0.1) is 0 Å². The third-order valence-corrected chi connectivity index (χ3v) is 24.4. The van der Waals surface area contributed by atoms with Crippen LogP contribution in [-0.2, 0) is 0 Å². The second kappa shape index (κ2) is 9.77. The van der Waals surface area contributed by atoms with Gasteiger partial charge < -0.3 is 0 Å². The maximum atomic E-state index is 2.45. The minimum atomic E-state index is -1.26. The summed E-state index contributed by atoms with van der Waals surface area (Å²) in [7, 11) is -2.53. The molecule has 3 aromatic rings. The van der Waals surface area contributed by atoms with Gasteiger partial charge in [0.05, 0.1) is 16.1 Å². The van der Waals surface area contributed by atoms with E-state index in [2.05, 4.69) is 101 Å². The van der Waals surface area contributed by atoms with Gasteiger partial charge in [0.1, 0.15) is 0 Å². The summed E-state index contributed by atoms with van der Waals surface area (Å²) in [6.45, 7) is 14.4. The second-order valence-electron chi connectivity index (χ2n) is 8.17. The van der Waals surface area contributed by atoms with E-state index in [1.54, 1.807) is 9.00 Å². The SMILES string of the molecule is CC[Si](CC)(CC)c1ccc(-c2ccc(-c3ccc([Si](CC)(CC)CC)s3)s2)s1. The fourth-order valence-electron chi connectivity index (χ4n) is 4.66. The molecule has 3 aromatic heterocycles. The van der Waals surface area contributed by atoms with Crippen LogP contribution < -0.4 is 9.00 Å². The average molecular weight is 477 g/mol. The molecule has 0 saturated heterocycles. The summed E-state index contributed by atoms with van der Waals surface area (Å²) in [4.78, 5) is 5.84. The van der Waals surface area contributed by atoms with Gasteiger partial charge in [-0.15, -0.1) is 34.0 Å². The lowest BCUT2D eigenvalue weighted by molar-refractivity contribution is 1.20. The Bertz CT molecular complexity index is 821. The van der Waals surface area contributed by atoms with Crippen LogP contribution >= 0.6 is 34.0 Å². The first-order valence-electron chi connectivity index (χ1n) is 11.3. The first kappa shape index (κ1) is 23.2. The highest BCUT2D eigenvalue weighted by molar-refractivity contribution is 7.33. The molecule has 3 heterocycles. The Hall–Kier alpha value is -0.466. The molecule has 0 radical (unpaired) electrons. The van der Waals surface area contributed by atoms with E-state index in [0.717, 1.165) is 0 Å². The standard InChI is InChI=1S/C24H36S3Si2/c1-7-28(8-2,9-3)23-17-15-21(26-23)19-13-14-20(25-19)22-16-18-24(27-22)29(10-4,11-5)12-6/h13-18H,7-12H2,1-6H3. The van der Waals surface area contributed by atoms with Crippen molar-refractivity contribution in [1.82, 2.24) is 0 Å². The van der Waals surface area contributed by atoms with Crippen molar-refractivity contribution < 1.29 is 0 Å². The van der Waals surface area contributed by atoms with Gasteiger partial charge in [-0.25, -0.2) is 0 Å². The normalized spacial score (nSPS) is 12.6. The number of hydrogen-bond acceptors (Lipinski definition) is 3. The third-order valence-electron chi connectivity index (χ3n) is 7.41. The highest BCUT2D eigenvalue weighted by atomic mass is 32.1. The molecule has 0 nitrogen and oxygen atoms in total. The fourth-order valence-corrected chi connectivity index (χ4v) is 18.3. The van der Waals surface area contributed by atoms with Crippen molar-refractivity contribution in [2.75, 3.05) is 0 Å². The van der Waals surface area contributed by atoms with Gasteiger partial charge in [0, 0.05) is 19.5 Å². The predicted octanol–water partition coefficient (Wildman–Crippen LogP) is 8.64. The van der Waals surface area contributed by atoms with Gasteiger partial charge in [0.15, 0.2) is 0 Å². The first-order chi connectivity index (χ1) is 14.0. The topological polar surface area (TPSA) is 0 Å². The molecule has 0 spiro atoms. The van der Waals surface area contributed by atoms with E-state index in [0.29, 0.717) is 0 Å². The summed E-state index contributed by atoms with van der Waals surface area (Å²) in [6, 6.07) is 22.6. The molecule has 5 heteroatoms. The van der Waals surface area contributed by atoms with E-state index in [1.807, 2.05) is 11.3 Å². The molecule has 158 valence electrons. The molecule has 0 saturated carbocycles. The van der Waals surface area contributed by atoms with E-state index in [-0.39, 0.29) is 0 Å². The summed E-state index contributed by atoms with van der Waals surface area (Å²) in [5.41, 5.74) is 0.